The van der Waals surface area contributed by atoms with Crippen molar-refractivity contribution in [3.63, 3.8) is 0 Å². The van der Waals surface area contributed by atoms with Crippen LogP contribution in [0, 0.1) is 0 Å². The summed E-state index contributed by atoms with van der Waals surface area (Å²) in [4.78, 5) is 26.4. The molecule has 0 aliphatic rings. The van der Waals surface area contributed by atoms with E-state index in [4.69, 9.17) is 4.74 Å². The molecule has 0 amide bonds. The molecular weight excluding hydrogens is 652 g/mol. The number of ether oxygens (including phenoxy) is 3. The van der Waals surface area contributed by atoms with Crippen molar-refractivity contribution in [2.24, 2.45) is 0 Å². The Morgan fingerprint density at radius 2 is 1.31 bits per heavy atom. The summed E-state index contributed by atoms with van der Waals surface area (Å²) in [7, 11) is 10.7. The first-order chi connectivity index (χ1) is 16.5. The number of methoxy groups -OCH3 is 2. The summed E-state index contributed by atoms with van der Waals surface area (Å²) in [5, 5.41) is 10.3. The quantitative estimate of drug-likeness (QED) is 0.305. The van der Waals surface area contributed by atoms with Crippen molar-refractivity contribution >= 4 is 59.7 Å². The Labute approximate surface area is 232 Å². The number of nitrogens with zero attached hydrogens (tertiary/aromatic N) is 2. The van der Waals surface area contributed by atoms with Gasteiger partial charge in [-0.15, -0.1) is 0 Å². The van der Waals surface area contributed by atoms with E-state index in [0.717, 1.165) is 22.9 Å². The summed E-state index contributed by atoms with van der Waals surface area (Å²) in [5.41, 5.74) is 0.814. The molecule has 0 bridgehead atoms. The van der Waals surface area contributed by atoms with Gasteiger partial charge in [-0.2, -0.15) is 0 Å². The molecule has 2 aromatic carbocycles. The molecule has 2 aromatic rings. The summed E-state index contributed by atoms with van der Waals surface area (Å²) in [6.07, 6.45) is 0. The average Bonchev–Trinajstić information content (AvgIpc) is 2.81. The minimum Gasteiger partial charge on any atom is -0.507 e. The monoisotopic (exact) mass is 682 g/mol. The van der Waals surface area contributed by atoms with E-state index in [1.165, 1.54) is 20.3 Å². The number of hydrogen-bond acceptors (Lipinski definition) is 8. The van der Waals surface area contributed by atoms with Crippen LogP contribution >= 0.6 is 47.8 Å². The molecule has 35 heavy (non-hydrogen) atoms. The van der Waals surface area contributed by atoms with Gasteiger partial charge in [0.1, 0.15) is 18.1 Å². The minimum absolute atomic E-state index is 0.0258. The number of carbonyl (C=O) groups excluding carboxylic acids is 2. The highest BCUT2D eigenvalue weighted by Gasteiger charge is 2.09. The van der Waals surface area contributed by atoms with Gasteiger partial charge >= 0.3 is 11.9 Å². The van der Waals surface area contributed by atoms with Crippen LogP contribution in [0.2, 0.25) is 0 Å². The summed E-state index contributed by atoms with van der Waals surface area (Å²) < 4.78 is 16.1. The molecule has 2 rings (SSSR count). The lowest BCUT2D eigenvalue weighted by Crippen LogP contribution is -2.19. The van der Waals surface area contributed by atoms with Gasteiger partial charge in [0.05, 0.1) is 34.3 Å². The van der Waals surface area contributed by atoms with Gasteiger partial charge in [0, 0.05) is 18.4 Å². The lowest BCUT2D eigenvalue weighted by Gasteiger charge is -2.12. The third-order valence-corrected chi connectivity index (χ3v) is 5.73. The number of carbonyl (C=O) groups is 2. The molecule has 0 saturated heterocycles. The molecule has 8 nitrogen and oxygen atoms in total. The number of alkyl halides is 1. The van der Waals surface area contributed by atoms with Crippen molar-refractivity contribution in [1.29, 1.82) is 0 Å². The number of aromatic hydroxyl groups is 1. The number of halogens is 3. The lowest BCUT2D eigenvalue weighted by atomic mass is 10.2. The number of hydrogen-bond donors (Lipinski definition) is 1. The zero-order chi connectivity index (χ0) is 27.0. The van der Waals surface area contributed by atoms with E-state index in [1.807, 2.05) is 19.0 Å². The van der Waals surface area contributed by atoms with Crippen LogP contribution in [0.1, 0.15) is 20.7 Å². The van der Waals surface area contributed by atoms with E-state index in [1.54, 1.807) is 30.3 Å². The second-order valence-electron chi connectivity index (χ2n) is 7.44. The van der Waals surface area contributed by atoms with Crippen molar-refractivity contribution in [2.45, 2.75) is 0 Å². The molecule has 0 atom stereocenters. The molecule has 0 aliphatic heterocycles. The van der Waals surface area contributed by atoms with Gasteiger partial charge in [-0.25, -0.2) is 9.59 Å². The van der Waals surface area contributed by atoms with E-state index in [0.29, 0.717) is 28.0 Å². The van der Waals surface area contributed by atoms with Crippen molar-refractivity contribution in [2.75, 3.05) is 67.4 Å². The average molecular weight is 685 g/mol. The SMILES string of the molecule is CN(C)CCBr.COC(=O)c1ccc(Br)c(O)c1.COC(=O)c1ccc(Br)c(OCCN(C)C)c1. The minimum atomic E-state index is -0.460. The lowest BCUT2D eigenvalue weighted by molar-refractivity contribution is 0.0591. The van der Waals surface area contributed by atoms with E-state index in [-0.39, 0.29) is 11.7 Å². The number of likely N-dealkylation sites (N-methyl/N-ethyl adjacent to an activating group) is 1. The van der Waals surface area contributed by atoms with E-state index >= 15 is 0 Å². The third kappa shape index (κ3) is 14.5. The predicted molar refractivity (Wildman–Crippen MR) is 149 cm³/mol. The summed E-state index contributed by atoms with van der Waals surface area (Å²) in [6, 6.07) is 9.63. The third-order valence-electron chi connectivity index (χ3n) is 4.05. The highest BCUT2D eigenvalue weighted by Crippen LogP contribution is 2.26. The van der Waals surface area contributed by atoms with E-state index < -0.39 is 5.97 Å². The van der Waals surface area contributed by atoms with Gasteiger partial charge in [0.25, 0.3) is 0 Å². The van der Waals surface area contributed by atoms with Crippen LogP contribution in [-0.2, 0) is 9.47 Å². The van der Waals surface area contributed by atoms with Gasteiger partial charge in [0.2, 0.25) is 0 Å². The van der Waals surface area contributed by atoms with Crippen molar-refractivity contribution in [1.82, 2.24) is 9.80 Å². The first kappa shape index (κ1) is 33.3. The molecule has 0 fully saturated rings. The second kappa shape index (κ2) is 18.6. The van der Waals surface area contributed by atoms with Crippen molar-refractivity contribution < 1.29 is 28.9 Å². The van der Waals surface area contributed by atoms with Crippen LogP contribution in [0.15, 0.2) is 45.3 Å². The Balaban J connectivity index is 0.000000557. The number of phenols is 1. The molecule has 0 spiro atoms. The Morgan fingerprint density at radius 1 is 0.829 bits per heavy atom. The maximum absolute atomic E-state index is 11.4. The molecule has 0 aromatic heterocycles. The zero-order valence-electron chi connectivity index (χ0n) is 20.8. The summed E-state index contributed by atoms with van der Waals surface area (Å²) >= 11 is 9.78. The summed E-state index contributed by atoms with van der Waals surface area (Å²) in [6.45, 7) is 2.51. The molecule has 0 saturated carbocycles. The fraction of sp³-hybridized carbons (Fsp3) is 0.417. The Morgan fingerprint density at radius 3 is 1.71 bits per heavy atom. The molecule has 1 N–H and O–H groups in total. The first-order valence-electron chi connectivity index (χ1n) is 10.4. The van der Waals surface area contributed by atoms with Crippen LogP contribution < -0.4 is 4.74 Å². The zero-order valence-corrected chi connectivity index (χ0v) is 25.6. The maximum Gasteiger partial charge on any atom is 0.337 e. The number of benzene rings is 2. The van der Waals surface area contributed by atoms with Gasteiger partial charge < -0.3 is 29.1 Å². The van der Waals surface area contributed by atoms with Crippen molar-refractivity contribution in [3.05, 3.63) is 56.5 Å². The normalized spacial score (nSPS) is 10.0. The van der Waals surface area contributed by atoms with Crippen LogP contribution in [0.4, 0.5) is 0 Å². The number of esters is 2. The van der Waals surface area contributed by atoms with Crippen molar-refractivity contribution in [3.8, 4) is 11.5 Å². The molecule has 196 valence electrons. The Bertz CT molecular complexity index is 926. The molecule has 0 unspecified atom stereocenters. The predicted octanol–water partition coefficient (Wildman–Crippen LogP) is 5.06. The molecule has 0 radical (unpaired) electrons. The number of rotatable bonds is 8. The van der Waals surface area contributed by atoms with E-state index in [9.17, 15) is 14.7 Å². The molecule has 0 aliphatic carbocycles. The van der Waals surface area contributed by atoms with Gasteiger partial charge in [-0.3, -0.25) is 0 Å². The highest BCUT2D eigenvalue weighted by molar-refractivity contribution is 9.11. The Hall–Kier alpha value is -1.66. The molecular formula is C24H33Br3N2O6. The first-order valence-corrected chi connectivity index (χ1v) is 13.1. The van der Waals surface area contributed by atoms with Gasteiger partial charge in [-0.05, 0) is 96.4 Å². The second-order valence-corrected chi connectivity index (χ2v) is 9.94. The maximum atomic E-state index is 11.4. The molecule has 11 heteroatoms. The van der Waals surface area contributed by atoms with E-state index in [2.05, 4.69) is 76.3 Å². The van der Waals surface area contributed by atoms with Crippen LogP contribution in [-0.4, -0.2) is 94.3 Å². The van der Waals surface area contributed by atoms with Crippen LogP contribution in [0.3, 0.4) is 0 Å². The van der Waals surface area contributed by atoms with Crippen LogP contribution in [0.5, 0.6) is 11.5 Å². The fourth-order valence-electron chi connectivity index (χ4n) is 2.12. The Kier molecular flexibility index (Phi) is 17.7. The highest BCUT2D eigenvalue weighted by atomic mass is 79.9. The largest absolute Gasteiger partial charge is 0.507 e. The van der Waals surface area contributed by atoms with Gasteiger partial charge in [0.15, 0.2) is 0 Å². The standard InChI is InChI=1S/C12H16BrNO3.C8H7BrO3.C4H10BrN/c1-14(2)6-7-17-11-8-9(12(15)16-3)4-5-10(11)13;1-12-8(11)5-2-3-6(9)7(10)4-5;1-6(2)4-3-5/h4-5,8H,6-7H2,1-3H3;2-4,10H,1H3;3-4H2,1-2H3. The summed E-state index contributed by atoms with van der Waals surface area (Å²) in [5.74, 6) is -0.152. The fourth-order valence-corrected chi connectivity index (χ4v) is 3.44. The van der Waals surface area contributed by atoms with Crippen LogP contribution in [0.25, 0.3) is 0 Å². The topological polar surface area (TPSA) is 88.5 Å². The number of phenolic OH excluding ortho intramolecular Hbond substituents is 1. The van der Waals surface area contributed by atoms with Gasteiger partial charge in [-0.1, -0.05) is 15.9 Å². The molecule has 0 heterocycles. The smallest absolute Gasteiger partial charge is 0.337 e.